The van der Waals surface area contributed by atoms with E-state index in [0.29, 0.717) is 19.0 Å². The van der Waals surface area contributed by atoms with E-state index in [4.69, 9.17) is 4.99 Å². The van der Waals surface area contributed by atoms with Crippen LogP contribution in [0.2, 0.25) is 0 Å². The predicted molar refractivity (Wildman–Crippen MR) is 134 cm³/mol. The van der Waals surface area contributed by atoms with Crippen molar-refractivity contribution in [2.75, 3.05) is 26.2 Å². The highest BCUT2D eigenvalue weighted by molar-refractivity contribution is 14.0. The number of carbonyl (C=O) groups is 1. The molecule has 0 radical (unpaired) electrons. The summed E-state index contributed by atoms with van der Waals surface area (Å²) >= 11 is 0. The number of benzene rings is 2. The summed E-state index contributed by atoms with van der Waals surface area (Å²) in [5.74, 6) is 1.56. The van der Waals surface area contributed by atoms with Crippen LogP contribution in [0.1, 0.15) is 43.2 Å². The molecular weight excluding hydrogens is 487 g/mol. The van der Waals surface area contributed by atoms with E-state index in [-0.39, 0.29) is 35.8 Å². The van der Waals surface area contributed by atoms with Gasteiger partial charge in [-0.2, -0.15) is 0 Å². The van der Waals surface area contributed by atoms with E-state index in [0.717, 1.165) is 38.3 Å². The number of amides is 1. The van der Waals surface area contributed by atoms with Gasteiger partial charge in [-0.1, -0.05) is 60.7 Å². The molecule has 0 spiro atoms. The summed E-state index contributed by atoms with van der Waals surface area (Å²) < 4.78 is 0. The van der Waals surface area contributed by atoms with Crippen LogP contribution in [0, 0.1) is 5.92 Å². The average molecular weight is 520 g/mol. The maximum atomic E-state index is 11.7. The van der Waals surface area contributed by atoms with Crippen molar-refractivity contribution in [3.05, 3.63) is 71.8 Å². The molecule has 1 amide bonds. The van der Waals surface area contributed by atoms with Gasteiger partial charge in [-0.25, -0.2) is 0 Å². The Morgan fingerprint density at radius 3 is 2.03 bits per heavy atom. The lowest BCUT2D eigenvalue weighted by Gasteiger charge is -2.18. The Morgan fingerprint density at radius 1 is 0.933 bits per heavy atom. The maximum absolute atomic E-state index is 11.7. The molecule has 0 aromatic heterocycles. The molecule has 162 valence electrons. The summed E-state index contributed by atoms with van der Waals surface area (Å²) in [5, 5.41) is 9.57. The third-order valence-corrected chi connectivity index (χ3v) is 5.10. The molecule has 0 aliphatic heterocycles. The van der Waals surface area contributed by atoms with E-state index >= 15 is 0 Å². The van der Waals surface area contributed by atoms with Gasteiger partial charge < -0.3 is 16.0 Å². The lowest BCUT2D eigenvalue weighted by Crippen LogP contribution is -2.41. The minimum Gasteiger partial charge on any atom is -0.357 e. The van der Waals surface area contributed by atoms with Crippen molar-refractivity contribution < 1.29 is 4.79 Å². The van der Waals surface area contributed by atoms with Gasteiger partial charge >= 0.3 is 0 Å². The van der Waals surface area contributed by atoms with Gasteiger partial charge in [0, 0.05) is 38.0 Å². The number of rotatable bonds is 10. The minimum absolute atomic E-state index is 0. The Hall–Kier alpha value is -2.09. The van der Waals surface area contributed by atoms with Gasteiger partial charge in [0.15, 0.2) is 5.96 Å². The van der Waals surface area contributed by atoms with Gasteiger partial charge in [0.1, 0.15) is 0 Å². The molecule has 1 aliphatic rings. The van der Waals surface area contributed by atoms with E-state index < -0.39 is 0 Å². The van der Waals surface area contributed by atoms with E-state index in [9.17, 15) is 4.79 Å². The fourth-order valence-corrected chi connectivity index (χ4v) is 3.40. The van der Waals surface area contributed by atoms with Crippen LogP contribution in [0.4, 0.5) is 0 Å². The van der Waals surface area contributed by atoms with Crippen LogP contribution < -0.4 is 16.0 Å². The highest BCUT2D eigenvalue weighted by atomic mass is 127. The monoisotopic (exact) mass is 520 g/mol. The molecule has 0 saturated heterocycles. The SMILES string of the molecule is CCNC(=NCCC(c1ccccc1)c1ccccc1)NCCNC(=O)C1CC1.I. The Kier molecular flexibility index (Phi) is 10.7. The molecule has 3 rings (SSSR count). The van der Waals surface area contributed by atoms with Crippen LogP contribution in [0.3, 0.4) is 0 Å². The van der Waals surface area contributed by atoms with E-state index in [1.807, 2.05) is 0 Å². The molecule has 2 aromatic carbocycles. The van der Waals surface area contributed by atoms with Crippen LogP contribution in [0.15, 0.2) is 65.7 Å². The first kappa shape index (κ1) is 24.2. The second-order valence-corrected chi connectivity index (χ2v) is 7.42. The molecule has 6 heteroatoms. The van der Waals surface area contributed by atoms with Gasteiger partial charge in [-0.3, -0.25) is 9.79 Å². The average Bonchev–Trinajstić information content (AvgIpc) is 3.61. The zero-order valence-electron chi connectivity index (χ0n) is 17.6. The number of nitrogens with zero attached hydrogens (tertiary/aromatic N) is 1. The fourth-order valence-electron chi connectivity index (χ4n) is 3.40. The highest BCUT2D eigenvalue weighted by Gasteiger charge is 2.28. The third kappa shape index (κ3) is 7.97. The normalized spacial score (nSPS) is 13.5. The summed E-state index contributed by atoms with van der Waals surface area (Å²) in [7, 11) is 0. The van der Waals surface area contributed by atoms with Gasteiger partial charge in [-0.05, 0) is 37.3 Å². The Balaban J connectivity index is 0.00000320. The Morgan fingerprint density at radius 2 is 1.50 bits per heavy atom. The number of nitrogens with one attached hydrogen (secondary N) is 3. The third-order valence-electron chi connectivity index (χ3n) is 5.10. The van der Waals surface area contributed by atoms with Gasteiger partial charge in [-0.15, -0.1) is 24.0 Å². The summed E-state index contributed by atoms with van der Waals surface area (Å²) in [6.07, 6.45) is 3.00. The number of hydrogen-bond donors (Lipinski definition) is 3. The molecule has 0 heterocycles. The van der Waals surface area contributed by atoms with Crippen molar-refractivity contribution in [1.82, 2.24) is 16.0 Å². The number of aliphatic imine (C=N–C) groups is 1. The van der Waals surface area contributed by atoms with Crippen LogP contribution >= 0.6 is 24.0 Å². The summed E-state index contributed by atoms with van der Waals surface area (Å²) in [6.45, 7) is 4.88. The van der Waals surface area contributed by atoms with Crippen LogP contribution in [-0.4, -0.2) is 38.0 Å². The second kappa shape index (κ2) is 13.3. The second-order valence-electron chi connectivity index (χ2n) is 7.42. The molecule has 30 heavy (non-hydrogen) atoms. The van der Waals surface area contributed by atoms with Crippen molar-refractivity contribution in [2.24, 2.45) is 10.9 Å². The summed E-state index contributed by atoms with van der Waals surface area (Å²) in [6, 6.07) is 21.2. The largest absolute Gasteiger partial charge is 0.357 e. The molecule has 2 aromatic rings. The van der Waals surface area contributed by atoms with Crippen molar-refractivity contribution >= 4 is 35.8 Å². The number of halogens is 1. The first-order valence-electron chi connectivity index (χ1n) is 10.7. The fraction of sp³-hybridized carbons (Fsp3) is 0.417. The van der Waals surface area contributed by atoms with Gasteiger partial charge in [0.25, 0.3) is 0 Å². The van der Waals surface area contributed by atoms with Crippen molar-refractivity contribution in [2.45, 2.75) is 32.1 Å². The molecule has 1 fully saturated rings. The van der Waals surface area contributed by atoms with Crippen molar-refractivity contribution in [1.29, 1.82) is 0 Å². The lowest BCUT2D eigenvalue weighted by molar-refractivity contribution is -0.122. The minimum atomic E-state index is 0. The first-order chi connectivity index (χ1) is 14.3. The Bertz CT molecular complexity index is 739. The van der Waals surface area contributed by atoms with Crippen LogP contribution in [0.25, 0.3) is 0 Å². The predicted octanol–water partition coefficient (Wildman–Crippen LogP) is 3.91. The van der Waals surface area contributed by atoms with Crippen LogP contribution in [0.5, 0.6) is 0 Å². The quantitative estimate of drug-likeness (QED) is 0.193. The molecule has 1 saturated carbocycles. The summed E-state index contributed by atoms with van der Waals surface area (Å²) in [5.41, 5.74) is 2.63. The first-order valence-corrected chi connectivity index (χ1v) is 10.7. The van der Waals surface area contributed by atoms with E-state index in [1.165, 1.54) is 11.1 Å². The topological polar surface area (TPSA) is 65.5 Å². The maximum Gasteiger partial charge on any atom is 0.223 e. The van der Waals surface area contributed by atoms with Gasteiger partial charge in [0.05, 0.1) is 0 Å². The Labute approximate surface area is 197 Å². The number of carbonyl (C=O) groups excluding carboxylic acids is 1. The van der Waals surface area contributed by atoms with E-state index in [2.05, 4.69) is 83.5 Å². The molecular formula is C24H33IN4O. The standard InChI is InChI=1S/C24H32N4O.HI/c1-2-25-24(28-18-17-26-23(29)21-13-14-21)27-16-15-22(19-9-5-3-6-10-19)20-11-7-4-8-12-20;/h3-12,21-22H,2,13-18H2,1H3,(H,26,29)(H2,25,27,28);1H. The molecule has 1 aliphatic carbocycles. The lowest BCUT2D eigenvalue weighted by atomic mass is 9.89. The molecule has 0 atom stereocenters. The zero-order valence-corrected chi connectivity index (χ0v) is 20.0. The molecule has 0 bridgehead atoms. The molecule has 5 nitrogen and oxygen atoms in total. The van der Waals surface area contributed by atoms with E-state index in [1.54, 1.807) is 0 Å². The molecule has 3 N–H and O–H groups in total. The van der Waals surface area contributed by atoms with Crippen LogP contribution in [-0.2, 0) is 4.79 Å². The zero-order chi connectivity index (χ0) is 20.3. The molecule has 0 unspecified atom stereocenters. The highest BCUT2D eigenvalue weighted by Crippen LogP contribution is 2.28. The van der Waals surface area contributed by atoms with Gasteiger partial charge in [0.2, 0.25) is 5.91 Å². The number of guanidine groups is 1. The van der Waals surface area contributed by atoms with Crippen molar-refractivity contribution in [3.63, 3.8) is 0 Å². The smallest absolute Gasteiger partial charge is 0.223 e. The van der Waals surface area contributed by atoms with Crippen molar-refractivity contribution in [3.8, 4) is 0 Å². The number of hydrogen-bond acceptors (Lipinski definition) is 2. The summed E-state index contributed by atoms with van der Waals surface area (Å²) in [4.78, 5) is 16.5.